The van der Waals surface area contributed by atoms with Crippen LogP contribution in [0.3, 0.4) is 0 Å². The predicted molar refractivity (Wildman–Crippen MR) is 73.6 cm³/mol. The first-order valence-corrected chi connectivity index (χ1v) is 6.87. The highest BCUT2D eigenvalue weighted by molar-refractivity contribution is 5.76. The van der Waals surface area contributed by atoms with E-state index in [2.05, 4.69) is 24.5 Å². The first kappa shape index (κ1) is 15.4. The van der Waals surface area contributed by atoms with Gasteiger partial charge in [-0.2, -0.15) is 0 Å². The van der Waals surface area contributed by atoms with Gasteiger partial charge in [-0.3, -0.25) is 4.79 Å². The summed E-state index contributed by atoms with van der Waals surface area (Å²) in [7, 11) is 0. The van der Waals surface area contributed by atoms with Crippen LogP contribution in [0.4, 0.5) is 0 Å². The van der Waals surface area contributed by atoms with Crippen molar-refractivity contribution >= 4 is 5.91 Å². The number of rotatable bonds is 5. The third-order valence-corrected chi connectivity index (χ3v) is 2.97. The molecule has 0 aromatic rings. The number of carbonyl (C=O) groups is 1. The Balaban J connectivity index is 2.07. The number of carbonyl (C=O) groups excluding carboxylic acids is 1. The molecule has 106 valence electrons. The number of amides is 1. The van der Waals surface area contributed by atoms with Gasteiger partial charge in [0.2, 0.25) is 5.91 Å². The van der Waals surface area contributed by atoms with Gasteiger partial charge in [0, 0.05) is 25.0 Å². The van der Waals surface area contributed by atoms with Crippen LogP contribution < -0.4 is 10.6 Å². The second-order valence-electron chi connectivity index (χ2n) is 6.79. The molecule has 0 aromatic carbocycles. The summed E-state index contributed by atoms with van der Waals surface area (Å²) >= 11 is 0. The molecule has 1 rings (SSSR count). The molecule has 1 saturated heterocycles. The monoisotopic (exact) mass is 256 g/mol. The zero-order valence-corrected chi connectivity index (χ0v) is 12.4. The van der Waals surface area contributed by atoms with Gasteiger partial charge in [-0.25, -0.2) is 0 Å². The number of hydrogen-bond donors (Lipinski definition) is 2. The third-order valence-electron chi connectivity index (χ3n) is 2.97. The SMILES string of the molecule is CC(C)(C)NC(=O)CCNCC1CCC(C)(C)O1. The molecular weight excluding hydrogens is 228 g/mol. The van der Waals surface area contributed by atoms with Gasteiger partial charge in [-0.1, -0.05) is 0 Å². The summed E-state index contributed by atoms with van der Waals surface area (Å²) < 4.78 is 5.87. The molecule has 0 spiro atoms. The smallest absolute Gasteiger partial charge is 0.221 e. The molecule has 1 amide bonds. The van der Waals surface area contributed by atoms with Gasteiger partial charge < -0.3 is 15.4 Å². The van der Waals surface area contributed by atoms with Crippen LogP contribution in [0.25, 0.3) is 0 Å². The van der Waals surface area contributed by atoms with Crippen molar-refractivity contribution in [3.63, 3.8) is 0 Å². The minimum atomic E-state index is -0.143. The molecule has 4 nitrogen and oxygen atoms in total. The zero-order valence-electron chi connectivity index (χ0n) is 12.4. The first-order valence-electron chi connectivity index (χ1n) is 6.87. The minimum Gasteiger partial charge on any atom is -0.371 e. The van der Waals surface area contributed by atoms with Crippen molar-refractivity contribution in [2.75, 3.05) is 13.1 Å². The predicted octanol–water partition coefficient (Wildman–Crippen LogP) is 1.84. The fourth-order valence-corrected chi connectivity index (χ4v) is 2.17. The lowest BCUT2D eigenvalue weighted by Crippen LogP contribution is -2.42. The number of nitrogens with one attached hydrogen (secondary N) is 2. The van der Waals surface area contributed by atoms with Crippen LogP contribution in [-0.4, -0.2) is 36.2 Å². The van der Waals surface area contributed by atoms with E-state index < -0.39 is 0 Å². The van der Waals surface area contributed by atoms with Crippen molar-refractivity contribution in [3.05, 3.63) is 0 Å². The molecule has 1 atom stereocenters. The molecule has 2 N–H and O–H groups in total. The Labute approximate surface area is 111 Å². The van der Waals surface area contributed by atoms with Gasteiger partial charge >= 0.3 is 0 Å². The lowest BCUT2D eigenvalue weighted by molar-refractivity contribution is -0.122. The van der Waals surface area contributed by atoms with E-state index in [1.54, 1.807) is 0 Å². The average Bonchev–Trinajstić information content (AvgIpc) is 2.50. The van der Waals surface area contributed by atoms with E-state index in [9.17, 15) is 4.79 Å². The molecular formula is C14H28N2O2. The fourth-order valence-electron chi connectivity index (χ4n) is 2.17. The molecule has 0 bridgehead atoms. The van der Waals surface area contributed by atoms with Gasteiger partial charge in [0.15, 0.2) is 0 Å². The average molecular weight is 256 g/mol. The Bertz CT molecular complexity index is 282. The molecule has 1 aliphatic heterocycles. The van der Waals surface area contributed by atoms with E-state index in [1.807, 2.05) is 20.8 Å². The van der Waals surface area contributed by atoms with E-state index >= 15 is 0 Å². The summed E-state index contributed by atoms with van der Waals surface area (Å²) in [5.74, 6) is 0.0997. The highest BCUT2D eigenvalue weighted by Crippen LogP contribution is 2.28. The lowest BCUT2D eigenvalue weighted by Gasteiger charge is -2.21. The first-order chi connectivity index (χ1) is 8.18. The maximum Gasteiger partial charge on any atom is 0.221 e. The quantitative estimate of drug-likeness (QED) is 0.738. The van der Waals surface area contributed by atoms with Crippen LogP contribution in [0.1, 0.15) is 53.9 Å². The molecule has 1 heterocycles. The van der Waals surface area contributed by atoms with Crippen LogP contribution in [0.5, 0.6) is 0 Å². The van der Waals surface area contributed by atoms with Crippen molar-refractivity contribution in [1.29, 1.82) is 0 Å². The van der Waals surface area contributed by atoms with Gasteiger partial charge in [0.25, 0.3) is 0 Å². The molecule has 0 radical (unpaired) electrons. The summed E-state index contributed by atoms with van der Waals surface area (Å²) in [5.41, 5.74) is -0.119. The van der Waals surface area contributed by atoms with Crippen molar-refractivity contribution in [3.8, 4) is 0 Å². The lowest BCUT2D eigenvalue weighted by atomic mass is 10.1. The summed E-state index contributed by atoms with van der Waals surface area (Å²) in [6.07, 6.45) is 3.04. The minimum absolute atomic E-state index is 0.0238. The van der Waals surface area contributed by atoms with E-state index in [0.717, 1.165) is 19.4 Å². The van der Waals surface area contributed by atoms with E-state index in [4.69, 9.17) is 4.74 Å². The Morgan fingerprint density at radius 2 is 2.06 bits per heavy atom. The standard InChI is InChI=1S/C14H28N2O2/c1-13(2,3)16-12(17)7-9-15-10-11-6-8-14(4,5)18-11/h11,15H,6-10H2,1-5H3,(H,16,17). The van der Waals surface area contributed by atoms with Crippen molar-refractivity contribution in [1.82, 2.24) is 10.6 Å². The maximum absolute atomic E-state index is 11.6. The Morgan fingerprint density at radius 3 is 2.56 bits per heavy atom. The van der Waals surface area contributed by atoms with Crippen LogP contribution in [-0.2, 0) is 9.53 Å². The van der Waals surface area contributed by atoms with E-state index in [-0.39, 0.29) is 17.0 Å². The molecule has 0 aliphatic carbocycles. The number of ether oxygens (including phenoxy) is 1. The maximum atomic E-state index is 11.6. The Hall–Kier alpha value is -0.610. The van der Waals surface area contributed by atoms with Crippen molar-refractivity contribution in [2.45, 2.75) is 71.1 Å². The largest absolute Gasteiger partial charge is 0.371 e. The van der Waals surface area contributed by atoms with Gasteiger partial charge in [-0.15, -0.1) is 0 Å². The summed E-state index contributed by atoms with van der Waals surface area (Å²) in [5, 5.41) is 6.25. The fraction of sp³-hybridized carbons (Fsp3) is 0.929. The molecule has 1 fully saturated rings. The zero-order chi connectivity index (χ0) is 13.8. The highest BCUT2D eigenvalue weighted by Gasteiger charge is 2.31. The molecule has 18 heavy (non-hydrogen) atoms. The second kappa shape index (κ2) is 6.02. The van der Waals surface area contributed by atoms with E-state index in [1.165, 1.54) is 0 Å². The van der Waals surface area contributed by atoms with Gasteiger partial charge in [0.1, 0.15) is 0 Å². The van der Waals surface area contributed by atoms with E-state index in [0.29, 0.717) is 19.1 Å². The van der Waals surface area contributed by atoms with Crippen LogP contribution in [0.2, 0.25) is 0 Å². The normalized spacial score (nSPS) is 23.1. The highest BCUT2D eigenvalue weighted by atomic mass is 16.5. The summed E-state index contributed by atoms with van der Waals surface area (Å²) in [4.78, 5) is 11.6. The second-order valence-corrected chi connectivity index (χ2v) is 6.79. The Kier molecular flexibility index (Phi) is 5.17. The number of hydrogen-bond acceptors (Lipinski definition) is 3. The van der Waals surface area contributed by atoms with Gasteiger partial charge in [0.05, 0.1) is 11.7 Å². The van der Waals surface area contributed by atoms with Crippen molar-refractivity contribution < 1.29 is 9.53 Å². The molecule has 0 aromatic heterocycles. The summed E-state index contributed by atoms with van der Waals surface area (Å²) in [6, 6.07) is 0. The van der Waals surface area contributed by atoms with Crippen LogP contribution >= 0.6 is 0 Å². The molecule has 1 unspecified atom stereocenters. The third kappa shape index (κ3) is 6.36. The van der Waals surface area contributed by atoms with Crippen LogP contribution in [0.15, 0.2) is 0 Å². The van der Waals surface area contributed by atoms with Gasteiger partial charge in [-0.05, 0) is 47.5 Å². The summed E-state index contributed by atoms with van der Waals surface area (Å²) in [6.45, 7) is 11.8. The molecule has 1 aliphatic rings. The molecule has 0 saturated carbocycles. The topological polar surface area (TPSA) is 50.4 Å². The van der Waals surface area contributed by atoms with Crippen molar-refractivity contribution in [2.24, 2.45) is 0 Å². The Morgan fingerprint density at radius 1 is 1.39 bits per heavy atom. The molecule has 4 heteroatoms. The van der Waals surface area contributed by atoms with Crippen LogP contribution in [0, 0.1) is 0 Å².